The predicted molar refractivity (Wildman–Crippen MR) is 63.9 cm³/mol. The van der Waals surface area contributed by atoms with Crippen molar-refractivity contribution in [2.24, 2.45) is 0 Å². The van der Waals surface area contributed by atoms with Crippen LogP contribution >= 0.6 is 0 Å². The molecular weight excluding hydrogens is 202 g/mol. The van der Waals surface area contributed by atoms with Crippen molar-refractivity contribution in [3.63, 3.8) is 0 Å². The lowest BCUT2D eigenvalue weighted by molar-refractivity contribution is 0.0592. The average Bonchev–Trinajstić information content (AvgIpc) is 2.38. The van der Waals surface area contributed by atoms with Crippen molar-refractivity contribution < 1.29 is 9.47 Å². The summed E-state index contributed by atoms with van der Waals surface area (Å²) in [4.78, 5) is 0. The SMILES string of the molecule is CCc1ccc(OCC2COCCN2)cc1. The van der Waals surface area contributed by atoms with Crippen LogP contribution in [-0.4, -0.2) is 32.4 Å². The molecule has 16 heavy (non-hydrogen) atoms. The zero-order chi connectivity index (χ0) is 11.2. The standard InChI is InChI=1S/C13H19NO2/c1-2-11-3-5-13(6-4-11)16-10-12-9-15-8-7-14-12/h3-6,12,14H,2,7-10H2,1H3. The van der Waals surface area contributed by atoms with Crippen LogP contribution in [0.5, 0.6) is 5.75 Å². The van der Waals surface area contributed by atoms with Crippen molar-refractivity contribution in [3.05, 3.63) is 29.8 Å². The van der Waals surface area contributed by atoms with Gasteiger partial charge >= 0.3 is 0 Å². The van der Waals surface area contributed by atoms with Gasteiger partial charge in [0.15, 0.2) is 0 Å². The first-order valence-electron chi connectivity index (χ1n) is 5.91. The molecule has 0 saturated carbocycles. The van der Waals surface area contributed by atoms with Crippen LogP contribution in [0, 0.1) is 0 Å². The van der Waals surface area contributed by atoms with Gasteiger partial charge in [0.05, 0.1) is 19.3 Å². The molecule has 0 aromatic heterocycles. The Kier molecular flexibility index (Phi) is 4.19. The fourth-order valence-electron chi connectivity index (χ4n) is 1.74. The highest BCUT2D eigenvalue weighted by atomic mass is 16.5. The van der Waals surface area contributed by atoms with Crippen LogP contribution in [0.4, 0.5) is 0 Å². The number of benzene rings is 1. The van der Waals surface area contributed by atoms with Gasteiger partial charge in [0, 0.05) is 6.54 Å². The molecule has 1 aliphatic rings. The van der Waals surface area contributed by atoms with Crippen LogP contribution in [0.3, 0.4) is 0 Å². The zero-order valence-corrected chi connectivity index (χ0v) is 9.74. The van der Waals surface area contributed by atoms with E-state index in [-0.39, 0.29) is 0 Å². The highest BCUT2D eigenvalue weighted by Crippen LogP contribution is 2.12. The van der Waals surface area contributed by atoms with Gasteiger partial charge in [0.25, 0.3) is 0 Å². The summed E-state index contributed by atoms with van der Waals surface area (Å²) in [5, 5.41) is 3.36. The molecule has 88 valence electrons. The van der Waals surface area contributed by atoms with Crippen molar-refractivity contribution in [2.45, 2.75) is 19.4 Å². The first-order valence-corrected chi connectivity index (χ1v) is 5.91. The second-order valence-corrected chi connectivity index (χ2v) is 4.03. The number of rotatable bonds is 4. The van der Waals surface area contributed by atoms with E-state index in [4.69, 9.17) is 9.47 Å². The molecule has 0 aliphatic carbocycles. The monoisotopic (exact) mass is 221 g/mol. The zero-order valence-electron chi connectivity index (χ0n) is 9.74. The van der Waals surface area contributed by atoms with Gasteiger partial charge in [-0.3, -0.25) is 0 Å². The maximum Gasteiger partial charge on any atom is 0.119 e. The van der Waals surface area contributed by atoms with E-state index < -0.39 is 0 Å². The quantitative estimate of drug-likeness (QED) is 0.838. The van der Waals surface area contributed by atoms with Crippen molar-refractivity contribution in [1.29, 1.82) is 0 Å². The number of hydrogen-bond acceptors (Lipinski definition) is 3. The molecule has 1 fully saturated rings. The van der Waals surface area contributed by atoms with E-state index >= 15 is 0 Å². The van der Waals surface area contributed by atoms with E-state index in [1.165, 1.54) is 5.56 Å². The van der Waals surface area contributed by atoms with Crippen LogP contribution in [0.25, 0.3) is 0 Å². The molecule has 1 aliphatic heterocycles. The minimum Gasteiger partial charge on any atom is -0.492 e. The fraction of sp³-hybridized carbons (Fsp3) is 0.538. The third kappa shape index (κ3) is 3.22. The normalized spacial score (nSPS) is 20.7. The summed E-state index contributed by atoms with van der Waals surface area (Å²) >= 11 is 0. The molecule has 2 rings (SSSR count). The summed E-state index contributed by atoms with van der Waals surface area (Å²) in [6.45, 7) is 5.29. The highest BCUT2D eigenvalue weighted by Gasteiger charge is 2.13. The van der Waals surface area contributed by atoms with Gasteiger partial charge in [0.1, 0.15) is 12.4 Å². The predicted octanol–water partition coefficient (Wildman–Crippen LogP) is 1.62. The molecule has 3 nitrogen and oxygen atoms in total. The summed E-state index contributed by atoms with van der Waals surface area (Å²) in [6, 6.07) is 8.60. The summed E-state index contributed by atoms with van der Waals surface area (Å²) in [5.41, 5.74) is 1.34. The third-order valence-electron chi connectivity index (χ3n) is 2.78. The lowest BCUT2D eigenvalue weighted by atomic mass is 10.2. The molecule has 1 unspecified atom stereocenters. The number of morpholine rings is 1. The van der Waals surface area contributed by atoms with Crippen LogP contribution in [-0.2, 0) is 11.2 Å². The van der Waals surface area contributed by atoms with Gasteiger partial charge in [-0.25, -0.2) is 0 Å². The van der Waals surface area contributed by atoms with Crippen molar-refractivity contribution >= 4 is 0 Å². The van der Waals surface area contributed by atoms with Crippen molar-refractivity contribution in [2.75, 3.05) is 26.4 Å². The largest absolute Gasteiger partial charge is 0.492 e. The minimum atomic E-state index is 0.319. The highest BCUT2D eigenvalue weighted by molar-refractivity contribution is 5.27. The molecule has 0 amide bonds. The Morgan fingerprint density at radius 3 is 2.81 bits per heavy atom. The van der Waals surface area contributed by atoms with Crippen LogP contribution < -0.4 is 10.1 Å². The number of hydrogen-bond donors (Lipinski definition) is 1. The van der Waals surface area contributed by atoms with Gasteiger partial charge in [0.2, 0.25) is 0 Å². The molecule has 1 aromatic carbocycles. The van der Waals surface area contributed by atoms with E-state index in [1.807, 2.05) is 12.1 Å². The fourth-order valence-corrected chi connectivity index (χ4v) is 1.74. The summed E-state index contributed by atoms with van der Waals surface area (Å²) in [5.74, 6) is 0.935. The first-order chi connectivity index (χ1) is 7.88. The molecule has 1 saturated heterocycles. The smallest absolute Gasteiger partial charge is 0.119 e. The number of nitrogens with one attached hydrogen (secondary N) is 1. The van der Waals surface area contributed by atoms with Crippen LogP contribution in [0.1, 0.15) is 12.5 Å². The maximum absolute atomic E-state index is 5.70. The molecule has 1 atom stereocenters. The average molecular weight is 221 g/mol. The second kappa shape index (κ2) is 5.87. The van der Waals surface area contributed by atoms with Gasteiger partial charge < -0.3 is 14.8 Å². The Hall–Kier alpha value is -1.06. The van der Waals surface area contributed by atoms with Gasteiger partial charge in [-0.05, 0) is 24.1 Å². The Balaban J connectivity index is 1.79. The number of ether oxygens (including phenoxy) is 2. The molecule has 0 radical (unpaired) electrons. The molecule has 3 heteroatoms. The van der Waals surface area contributed by atoms with E-state index in [2.05, 4.69) is 24.4 Å². The topological polar surface area (TPSA) is 30.5 Å². The Morgan fingerprint density at radius 1 is 1.38 bits per heavy atom. The second-order valence-electron chi connectivity index (χ2n) is 4.03. The van der Waals surface area contributed by atoms with E-state index in [0.29, 0.717) is 12.6 Å². The minimum absolute atomic E-state index is 0.319. The summed E-state index contributed by atoms with van der Waals surface area (Å²) in [6.07, 6.45) is 1.07. The van der Waals surface area contributed by atoms with E-state index in [9.17, 15) is 0 Å². The van der Waals surface area contributed by atoms with Crippen molar-refractivity contribution in [3.8, 4) is 5.75 Å². The molecule has 0 bridgehead atoms. The molecule has 1 N–H and O–H groups in total. The van der Waals surface area contributed by atoms with Gasteiger partial charge in [-0.1, -0.05) is 19.1 Å². The Bertz CT molecular complexity index is 304. The molecule has 1 aromatic rings. The molecule has 0 spiro atoms. The lowest BCUT2D eigenvalue weighted by Gasteiger charge is -2.23. The Morgan fingerprint density at radius 2 is 2.19 bits per heavy atom. The van der Waals surface area contributed by atoms with E-state index in [1.54, 1.807) is 0 Å². The summed E-state index contributed by atoms with van der Waals surface area (Å²) in [7, 11) is 0. The third-order valence-corrected chi connectivity index (χ3v) is 2.78. The van der Waals surface area contributed by atoms with Crippen LogP contribution in [0.15, 0.2) is 24.3 Å². The van der Waals surface area contributed by atoms with Gasteiger partial charge in [-0.2, -0.15) is 0 Å². The first kappa shape index (κ1) is 11.4. The molecular formula is C13H19NO2. The Labute approximate surface area is 96.8 Å². The van der Waals surface area contributed by atoms with Gasteiger partial charge in [-0.15, -0.1) is 0 Å². The maximum atomic E-state index is 5.70. The summed E-state index contributed by atoms with van der Waals surface area (Å²) < 4.78 is 11.1. The van der Waals surface area contributed by atoms with E-state index in [0.717, 1.165) is 31.9 Å². The van der Waals surface area contributed by atoms with Crippen molar-refractivity contribution in [1.82, 2.24) is 5.32 Å². The molecule has 1 heterocycles. The lowest BCUT2D eigenvalue weighted by Crippen LogP contribution is -2.44. The van der Waals surface area contributed by atoms with Crippen LogP contribution in [0.2, 0.25) is 0 Å². The number of aryl methyl sites for hydroxylation is 1.